The lowest BCUT2D eigenvalue weighted by Crippen LogP contribution is -2.52. The lowest BCUT2D eigenvalue weighted by atomic mass is 9.79. The lowest BCUT2D eigenvalue weighted by molar-refractivity contribution is -0.131. The minimum absolute atomic E-state index is 0.0706. The fourth-order valence-corrected chi connectivity index (χ4v) is 2.39. The van der Waals surface area contributed by atoms with Gasteiger partial charge >= 0.3 is 0 Å². The summed E-state index contributed by atoms with van der Waals surface area (Å²) in [5.74, 6) is -0.0706. The average Bonchev–Trinajstić information content (AvgIpc) is 2.43. The summed E-state index contributed by atoms with van der Waals surface area (Å²) >= 11 is 5.08. The third kappa shape index (κ3) is 4.71. The first kappa shape index (κ1) is 16.3. The van der Waals surface area contributed by atoms with E-state index in [0.717, 1.165) is 19.4 Å². The molecule has 1 rings (SSSR count). The zero-order valence-corrected chi connectivity index (χ0v) is 12.4. The van der Waals surface area contributed by atoms with Gasteiger partial charge in [0.05, 0.1) is 4.99 Å². The van der Waals surface area contributed by atoms with E-state index >= 15 is 0 Å². The van der Waals surface area contributed by atoms with Crippen LogP contribution in [-0.2, 0) is 14.3 Å². The van der Waals surface area contributed by atoms with Crippen molar-refractivity contribution in [3.63, 3.8) is 0 Å². The second-order valence-electron chi connectivity index (χ2n) is 4.78. The molecule has 0 bridgehead atoms. The molecule has 0 aromatic heterocycles. The number of hydrogen-bond donors (Lipinski definition) is 2. The second kappa shape index (κ2) is 8.45. The Labute approximate surface area is 120 Å². The highest BCUT2D eigenvalue weighted by molar-refractivity contribution is 7.80. The van der Waals surface area contributed by atoms with Crippen LogP contribution in [0.5, 0.6) is 0 Å². The van der Waals surface area contributed by atoms with E-state index in [1.54, 1.807) is 0 Å². The number of carbonyl (C=O) groups excluding carboxylic acids is 1. The summed E-state index contributed by atoms with van der Waals surface area (Å²) in [6.07, 6.45) is 2.95. The summed E-state index contributed by atoms with van der Waals surface area (Å²) in [6.45, 7) is 5.15. The molecule has 0 aromatic rings. The van der Waals surface area contributed by atoms with Gasteiger partial charge in [-0.15, -0.1) is 0 Å². The summed E-state index contributed by atoms with van der Waals surface area (Å²) in [5, 5.41) is 2.91. The van der Waals surface area contributed by atoms with Gasteiger partial charge in [-0.1, -0.05) is 19.1 Å². The van der Waals surface area contributed by atoms with Gasteiger partial charge in [0.25, 0.3) is 0 Å². The van der Waals surface area contributed by atoms with E-state index < -0.39 is 5.41 Å². The van der Waals surface area contributed by atoms with Gasteiger partial charge in [-0.25, -0.2) is 0 Å². The van der Waals surface area contributed by atoms with Crippen molar-refractivity contribution in [2.24, 2.45) is 11.1 Å². The van der Waals surface area contributed by atoms with Crippen molar-refractivity contribution >= 4 is 23.1 Å². The first-order valence-corrected chi connectivity index (χ1v) is 7.28. The van der Waals surface area contributed by atoms with E-state index in [0.29, 0.717) is 39.2 Å². The largest absolute Gasteiger partial charge is 0.392 e. The predicted molar refractivity (Wildman–Crippen MR) is 78.0 cm³/mol. The molecule has 110 valence electrons. The van der Waals surface area contributed by atoms with E-state index in [4.69, 9.17) is 27.4 Å². The highest BCUT2D eigenvalue weighted by atomic mass is 32.1. The van der Waals surface area contributed by atoms with E-state index in [2.05, 4.69) is 12.2 Å². The molecule has 0 radical (unpaired) electrons. The molecule has 1 saturated heterocycles. The maximum Gasteiger partial charge on any atom is 0.233 e. The molecule has 1 aliphatic heterocycles. The second-order valence-corrected chi connectivity index (χ2v) is 5.22. The molecule has 1 aliphatic rings. The first-order chi connectivity index (χ1) is 9.13. The minimum Gasteiger partial charge on any atom is -0.392 e. The lowest BCUT2D eigenvalue weighted by Gasteiger charge is -2.34. The van der Waals surface area contributed by atoms with E-state index in [-0.39, 0.29) is 10.9 Å². The van der Waals surface area contributed by atoms with Crippen molar-refractivity contribution in [1.29, 1.82) is 0 Å². The molecule has 3 N–H and O–H groups in total. The molecule has 1 heterocycles. The molecule has 0 aromatic carbocycles. The number of nitrogens with one attached hydrogen (secondary N) is 1. The number of rotatable bonds is 8. The molecule has 0 spiro atoms. The van der Waals surface area contributed by atoms with Gasteiger partial charge in [-0.2, -0.15) is 0 Å². The van der Waals surface area contributed by atoms with Gasteiger partial charge < -0.3 is 20.5 Å². The van der Waals surface area contributed by atoms with Crippen LogP contribution in [0.15, 0.2) is 0 Å². The van der Waals surface area contributed by atoms with Crippen LogP contribution in [0.4, 0.5) is 0 Å². The van der Waals surface area contributed by atoms with Crippen molar-refractivity contribution in [2.45, 2.75) is 32.6 Å². The Hall–Kier alpha value is -0.720. The zero-order valence-electron chi connectivity index (χ0n) is 11.6. The summed E-state index contributed by atoms with van der Waals surface area (Å²) < 4.78 is 10.6. The van der Waals surface area contributed by atoms with Crippen LogP contribution >= 0.6 is 12.2 Å². The van der Waals surface area contributed by atoms with Crippen LogP contribution in [0, 0.1) is 5.41 Å². The smallest absolute Gasteiger partial charge is 0.233 e. The molecule has 0 unspecified atom stereocenters. The molecule has 1 amide bonds. The number of ether oxygens (including phenoxy) is 2. The van der Waals surface area contributed by atoms with Gasteiger partial charge in [0.15, 0.2) is 0 Å². The van der Waals surface area contributed by atoms with E-state index in [1.165, 1.54) is 0 Å². The Balaban J connectivity index is 2.35. The summed E-state index contributed by atoms with van der Waals surface area (Å²) in [7, 11) is 0. The molecule has 0 saturated carbocycles. The molecule has 1 fully saturated rings. The molecule has 6 heteroatoms. The zero-order chi connectivity index (χ0) is 14.1. The van der Waals surface area contributed by atoms with Gasteiger partial charge in [0.2, 0.25) is 5.91 Å². The highest BCUT2D eigenvalue weighted by Gasteiger charge is 2.42. The average molecular weight is 288 g/mol. The Morgan fingerprint density at radius 2 is 2.11 bits per heavy atom. The van der Waals surface area contributed by atoms with Crippen molar-refractivity contribution in [3.05, 3.63) is 0 Å². The van der Waals surface area contributed by atoms with Gasteiger partial charge in [-0.05, 0) is 25.7 Å². The summed E-state index contributed by atoms with van der Waals surface area (Å²) in [5.41, 5.74) is 5.04. The quantitative estimate of drug-likeness (QED) is 0.515. The molecule has 0 atom stereocenters. The molecular formula is C13H24N2O3S. The predicted octanol–water partition coefficient (Wildman–Crippen LogP) is 1.00. The van der Waals surface area contributed by atoms with E-state index in [1.807, 2.05) is 0 Å². The Morgan fingerprint density at radius 3 is 2.68 bits per heavy atom. The third-order valence-electron chi connectivity index (χ3n) is 3.35. The molecule has 5 nitrogen and oxygen atoms in total. The number of nitrogens with two attached hydrogens (primary N) is 1. The number of carbonyl (C=O) groups is 1. The molecular weight excluding hydrogens is 264 g/mol. The normalized spacial score (nSPS) is 17.9. The van der Waals surface area contributed by atoms with Crippen LogP contribution in [0.25, 0.3) is 0 Å². The van der Waals surface area contributed by atoms with Gasteiger partial charge in [0, 0.05) is 33.0 Å². The molecule has 0 aliphatic carbocycles. The standard InChI is InChI=1S/C13H24N2O3S/c1-2-7-17-8-3-6-15-12(16)13(11(14)19)4-9-18-10-5-13/h2-10H2,1H3,(H2,14,19)(H,15,16). The van der Waals surface area contributed by atoms with Crippen molar-refractivity contribution in [1.82, 2.24) is 5.32 Å². The van der Waals surface area contributed by atoms with Crippen LogP contribution in [-0.4, -0.2) is 43.9 Å². The van der Waals surface area contributed by atoms with Gasteiger partial charge in [-0.3, -0.25) is 4.79 Å². The summed E-state index contributed by atoms with van der Waals surface area (Å²) in [4.78, 5) is 12.5. The van der Waals surface area contributed by atoms with E-state index in [9.17, 15) is 4.79 Å². The SMILES string of the molecule is CCCOCCCNC(=O)C1(C(N)=S)CCOCC1. The fraction of sp³-hybridized carbons (Fsp3) is 0.846. The van der Waals surface area contributed by atoms with Crippen LogP contribution in [0.3, 0.4) is 0 Å². The number of hydrogen-bond acceptors (Lipinski definition) is 4. The number of thiocarbonyl (C=S) groups is 1. The minimum atomic E-state index is -0.724. The maximum absolute atomic E-state index is 12.3. The highest BCUT2D eigenvalue weighted by Crippen LogP contribution is 2.31. The van der Waals surface area contributed by atoms with Gasteiger partial charge in [0.1, 0.15) is 5.41 Å². The maximum atomic E-state index is 12.3. The molecule has 19 heavy (non-hydrogen) atoms. The third-order valence-corrected chi connectivity index (χ3v) is 3.74. The van der Waals surface area contributed by atoms with Crippen molar-refractivity contribution < 1.29 is 14.3 Å². The van der Waals surface area contributed by atoms with Crippen molar-refractivity contribution in [3.8, 4) is 0 Å². The van der Waals surface area contributed by atoms with Crippen LogP contribution < -0.4 is 11.1 Å². The monoisotopic (exact) mass is 288 g/mol. The van der Waals surface area contributed by atoms with Crippen LogP contribution in [0.2, 0.25) is 0 Å². The van der Waals surface area contributed by atoms with Crippen molar-refractivity contribution in [2.75, 3.05) is 33.0 Å². The first-order valence-electron chi connectivity index (χ1n) is 6.87. The number of amides is 1. The van der Waals surface area contributed by atoms with Crippen LogP contribution in [0.1, 0.15) is 32.6 Å². The fourth-order valence-electron chi connectivity index (χ4n) is 2.10. The Bertz CT molecular complexity index is 304. The topological polar surface area (TPSA) is 73.6 Å². The Kier molecular flexibility index (Phi) is 7.27. The Morgan fingerprint density at radius 1 is 1.42 bits per heavy atom. The summed E-state index contributed by atoms with van der Waals surface area (Å²) in [6, 6.07) is 0.